The maximum Gasteiger partial charge on any atom is 0.244 e. The molecule has 2 saturated heterocycles. The second-order valence-electron chi connectivity index (χ2n) is 6.76. The molecule has 3 heterocycles. The summed E-state index contributed by atoms with van der Waals surface area (Å²) in [5.74, 6) is 0.0223. The Morgan fingerprint density at radius 1 is 1.35 bits per heavy atom. The summed E-state index contributed by atoms with van der Waals surface area (Å²) in [6.45, 7) is 8.88. The average molecular weight is 322 g/mol. The van der Waals surface area contributed by atoms with E-state index in [1.165, 1.54) is 0 Å². The monoisotopic (exact) mass is 322 g/mol. The van der Waals surface area contributed by atoms with Gasteiger partial charge in [-0.05, 0) is 26.3 Å². The predicted molar refractivity (Wildman–Crippen MR) is 85.1 cm³/mol. The summed E-state index contributed by atoms with van der Waals surface area (Å²) in [5, 5.41) is 15.1. The number of rotatable bonds is 4. The van der Waals surface area contributed by atoms with E-state index in [0.717, 1.165) is 37.7 Å². The van der Waals surface area contributed by atoms with Crippen molar-refractivity contribution in [2.24, 2.45) is 0 Å². The third-order valence-electron chi connectivity index (χ3n) is 4.69. The lowest BCUT2D eigenvalue weighted by atomic mass is 10.0. The Labute approximate surface area is 136 Å². The Morgan fingerprint density at radius 3 is 2.74 bits per heavy atom. The van der Waals surface area contributed by atoms with Crippen LogP contribution < -0.4 is 0 Å². The standard InChI is InChI=1S/C16H26N4O3/c1-13-9-14(2)20(17-13)10-15(21)19-4-3-16(22,12-19)11-18-5-7-23-8-6-18/h9,22H,3-8,10-12H2,1-2H3/t16-/m0/s1. The van der Waals surface area contributed by atoms with Gasteiger partial charge in [-0.1, -0.05) is 0 Å². The second kappa shape index (κ2) is 6.59. The Morgan fingerprint density at radius 2 is 2.09 bits per heavy atom. The largest absolute Gasteiger partial charge is 0.387 e. The van der Waals surface area contributed by atoms with Gasteiger partial charge < -0.3 is 14.7 Å². The number of carbonyl (C=O) groups excluding carboxylic acids is 1. The fourth-order valence-corrected chi connectivity index (χ4v) is 3.44. The van der Waals surface area contributed by atoms with Gasteiger partial charge in [-0.3, -0.25) is 14.4 Å². The van der Waals surface area contributed by atoms with Gasteiger partial charge in [0.05, 0.1) is 31.1 Å². The Bertz CT molecular complexity index is 568. The van der Waals surface area contributed by atoms with Crippen molar-refractivity contribution in [3.8, 4) is 0 Å². The number of carbonyl (C=O) groups is 1. The molecule has 0 aliphatic carbocycles. The Hall–Kier alpha value is -1.44. The molecular formula is C16H26N4O3. The zero-order valence-corrected chi connectivity index (χ0v) is 14.0. The van der Waals surface area contributed by atoms with Gasteiger partial charge in [-0.25, -0.2) is 0 Å². The van der Waals surface area contributed by atoms with Crippen LogP contribution in [0.15, 0.2) is 6.07 Å². The molecule has 1 amide bonds. The molecule has 7 nitrogen and oxygen atoms in total. The van der Waals surface area contributed by atoms with Crippen LogP contribution in [0.3, 0.4) is 0 Å². The first-order chi connectivity index (χ1) is 11.0. The van der Waals surface area contributed by atoms with E-state index in [-0.39, 0.29) is 12.5 Å². The lowest BCUT2D eigenvalue weighted by Crippen LogP contribution is -2.49. The molecule has 0 saturated carbocycles. The fraction of sp³-hybridized carbons (Fsp3) is 0.750. The number of aromatic nitrogens is 2. The second-order valence-corrected chi connectivity index (χ2v) is 6.76. The molecule has 1 atom stereocenters. The molecule has 1 aromatic rings. The van der Waals surface area contributed by atoms with E-state index >= 15 is 0 Å². The molecule has 23 heavy (non-hydrogen) atoms. The van der Waals surface area contributed by atoms with Gasteiger partial charge in [0, 0.05) is 31.9 Å². The first-order valence-electron chi connectivity index (χ1n) is 8.26. The van der Waals surface area contributed by atoms with Gasteiger partial charge in [0.15, 0.2) is 0 Å². The van der Waals surface area contributed by atoms with Crippen molar-refractivity contribution in [3.05, 3.63) is 17.5 Å². The summed E-state index contributed by atoms with van der Waals surface area (Å²) in [4.78, 5) is 16.5. The lowest BCUT2D eigenvalue weighted by Gasteiger charge is -2.33. The van der Waals surface area contributed by atoms with Crippen molar-refractivity contribution >= 4 is 5.91 Å². The minimum absolute atomic E-state index is 0.0223. The lowest BCUT2D eigenvalue weighted by molar-refractivity contribution is -0.132. The number of β-amino-alcohol motifs (C(OH)–C–C–N with tert-alkyl or cyclic N) is 1. The summed E-state index contributed by atoms with van der Waals surface area (Å²) in [6.07, 6.45) is 0.632. The molecule has 2 fully saturated rings. The molecule has 0 spiro atoms. The van der Waals surface area contributed by atoms with E-state index < -0.39 is 5.60 Å². The van der Waals surface area contributed by atoms with Crippen molar-refractivity contribution in [2.45, 2.75) is 32.4 Å². The number of nitrogens with zero attached hydrogens (tertiary/aromatic N) is 4. The van der Waals surface area contributed by atoms with E-state index in [9.17, 15) is 9.90 Å². The van der Waals surface area contributed by atoms with Crippen LogP contribution in [0.4, 0.5) is 0 Å². The first-order valence-corrected chi connectivity index (χ1v) is 8.26. The van der Waals surface area contributed by atoms with Gasteiger partial charge in [0.1, 0.15) is 6.54 Å². The van der Waals surface area contributed by atoms with Crippen molar-refractivity contribution in [1.29, 1.82) is 0 Å². The van der Waals surface area contributed by atoms with Crippen LogP contribution in [0.25, 0.3) is 0 Å². The molecule has 0 bridgehead atoms. The van der Waals surface area contributed by atoms with Gasteiger partial charge >= 0.3 is 0 Å². The van der Waals surface area contributed by atoms with Gasteiger partial charge in [0.25, 0.3) is 0 Å². The third-order valence-corrected chi connectivity index (χ3v) is 4.69. The first kappa shape index (κ1) is 16.4. The molecule has 128 valence electrons. The zero-order valence-electron chi connectivity index (χ0n) is 14.0. The fourth-order valence-electron chi connectivity index (χ4n) is 3.44. The molecule has 0 radical (unpaired) electrons. The molecular weight excluding hydrogens is 296 g/mol. The predicted octanol–water partition coefficient (Wildman–Crippen LogP) is -0.204. The summed E-state index contributed by atoms with van der Waals surface area (Å²) < 4.78 is 7.07. The summed E-state index contributed by atoms with van der Waals surface area (Å²) >= 11 is 0. The van der Waals surface area contributed by atoms with Crippen LogP contribution in [0.1, 0.15) is 17.8 Å². The number of amides is 1. The molecule has 0 unspecified atom stereocenters. The van der Waals surface area contributed by atoms with E-state index in [2.05, 4.69) is 10.00 Å². The van der Waals surface area contributed by atoms with Gasteiger partial charge in [0.2, 0.25) is 5.91 Å². The number of morpholine rings is 1. The summed E-state index contributed by atoms with van der Waals surface area (Å²) in [7, 11) is 0. The van der Waals surface area contributed by atoms with Crippen molar-refractivity contribution in [1.82, 2.24) is 19.6 Å². The van der Waals surface area contributed by atoms with Crippen LogP contribution in [0.2, 0.25) is 0 Å². The topological polar surface area (TPSA) is 70.8 Å². The highest BCUT2D eigenvalue weighted by molar-refractivity contribution is 5.76. The van der Waals surface area contributed by atoms with Crippen molar-refractivity contribution in [3.63, 3.8) is 0 Å². The highest BCUT2D eigenvalue weighted by Crippen LogP contribution is 2.23. The number of aryl methyl sites for hydroxylation is 2. The molecule has 7 heteroatoms. The maximum absolute atomic E-state index is 12.5. The Balaban J connectivity index is 1.55. The van der Waals surface area contributed by atoms with E-state index in [1.54, 1.807) is 9.58 Å². The van der Waals surface area contributed by atoms with Crippen LogP contribution in [-0.4, -0.2) is 82.1 Å². The van der Waals surface area contributed by atoms with Gasteiger partial charge in [-0.2, -0.15) is 5.10 Å². The number of likely N-dealkylation sites (tertiary alicyclic amines) is 1. The smallest absolute Gasteiger partial charge is 0.244 e. The zero-order chi connectivity index (χ0) is 16.4. The number of hydrogen-bond acceptors (Lipinski definition) is 5. The number of hydrogen-bond donors (Lipinski definition) is 1. The van der Waals surface area contributed by atoms with E-state index in [1.807, 2.05) is 19.9 Å². The Kier molecular flexibility index (Phi) is 4.70. The summed E-state index contributed by atoms with van der Waals surface area (Å²) in [6, 6.07) is 1.96. The van der Waals surface area contributed by atoms with E-state index in [0.29, 0.717) is 26.1 Å². The molecule has 1 aromatic heterocycles. The van der Waals surface area contributed by atoms with Crippen LogP contribution in [-0.2, 0) is 16.1 Å². The molecule has 2 aliphatic rings. The SMILES string of the molecule is Cc1cc(C)n(CC(=O)N2CC[C@](O)(CN3CCOCC3)C2)n1. The quantitative estimate of drug-likeness (QED) is 0.831. The highest BCUT2D eigenvalue weighted by Gasteiger charge is 2.39. The van der Waals surface area contributed by atoms with Crippen LogP contribution >= 0.6 is 0 Å². The molecule has 0 aromatic carbocycles. The number of aliphatic hydroxyl groups is 1. The molecule has 1 N–H and O–H groups in total. The highest BCUT2D eigenvalue weighted by atomic mass is 16.5. The van der Waals surface area contributed by atoms with Gasteiger partial charge in [-0.15, -0.1) is 0 Å². The third kappa shape index (κ3) is 3.91. The van der Waals surface area contributed by atoms with Crippen LogP contribution in [0, 0.1) is 13.8 Å². The molecule has 2 aliphatic heterocycles. The molecule has 3 rings (SSSR count). The van der Waals surface area contributed by atoms with Crippen LogP contribution in [0.5, 0.6) is 0 Å². The van der Waals surface area contributed by atoms with Crippen molar-refractivity contribution in [2.75, 3.05) is 45.9 Å². The summed E-state index contributed by atoms with van der Waals surface area (Å²) in [5.41, 5.74) is 1.10. The minimum Gasteiger partial charge on any atom is -0.387 e. The van der Waals surface area contributed by atoms with Crippen molar-refractivity contribution < 1.29 is 14.6 Å². The minimum atomic E-state index is -0.803. The average Bonchev–Trinajstić information content (AvgIpc) is 3.03. The normalized spacial score (nSPS) is 26.0. The van der Waals surface area contributed by atoms with E-state index in [4.69, 9.17) is 4.74 Å². The number of ether oxygens (including phenoxy) is 1. The maximum atomic E-state index is 12.5.